The van der Waals surface area contributed by atoms with Crippen molar-refractivity contribution in [2.24, 2.45) is 5.41 Å². The molecule has 1 saturated carbocycles. The summed E-state index contributed by atoms with van der Waals surface area (Å²) in [6, 6.07) is 0.618. The third kappa shape index (κ3) is 2.40. The Kier molecular flexibility index (Phi) is 3.34. The quantitative estimate of drug-likeness (QED) is 0.834. The zero-order valence-corrected chi connectivity index (χ0v) is 11.9. The topological polar surface area (TPSA) is 49.8 Å². The second-order valence-corrected chi connectivity index (χ2v) is 6.93. The number of piperidine rings is 1. The summed E-state index contributed by atoms with van der Waals surface area (Å²) in [5, 5.41) is 9.29. The highest BCUT2D eigenvalue weighted by atomic mass is 16.5. The van der Waals surface area contributed by atoms with Gasteiger partial charge in [-0.3, -0.25) is 4.79 Å². The lowest BCUT2D eigenvalue weighted by atomic mass is 9.73. The molecule has 0 aromatic heterocycles. The number of aliphatic carboxylic acids is 1. The van der Waals surface area contributed by atoms with Gasteiger partial charge in [-0.25, -0.2) is 0 Å². The van der Waals surface area contributed by atoms with Crippen molar-refractivity contribution in [1.29, 1.82) is 0 Å². The maximum atomic E-state index is 11.3. The Morgan fingerprint density at radius 2 is 1.95 bits per heavy atom. The van der Waals surface area contributed by atoms with Crippen LogP contribution in [-0.2, 0) is 9.53 Å². The van der Waals surface area contributed by atoms with Gasteiger partial charge in [0.1, 0.15) is 0 Å². The number of hydrogen-bond acceptors (Lipinski definition) is 3. The summed E-state index contributed by atoms with van der Waals surface area (Å²) in [6.07, 6.45) is 7.61. The first kappa shape index (κ1) is 13.4. The molecule has 2 saturated heterocycles. The van der Waals surface area contributed by atoms with E-state index in [1.807, 2.05) is 6.92 Å². The monoisotopic (exact) mass is 267 g/mol. The lowest BCUT2D eigenvalue weighted by Crippen LogP contribution is -2.54. The molecule has 4 nitrogen and oxygen atoms in total. The molecular weight excluding hydrogens is 242 g/mol. The number of carboxylic acid groups (broad SMARTS) is 1. The van der Waals surface area contributed by atoms with Crippen LogP contribution in [0.1, 0.15) is 51.9 Å². The molecule has 0 amide bonds. The van der Waals surface area contributed by atoms with Gasteiger partial charge in [0.2, 0.25) is 0 Å². The Hall–Kier alpha value is -0.610. The lowest BCUT2D eigenvalue weighted by Gasteiger charge is -2.51. The van der Waals surface area contributed by atoms with E-state index < -0.39 is 11.4 Å². The number of ether oxygens (including phenoxy) is 1. The Bertz CT molecular complexity index is 356. The molecule has 0 radical (unpaired) electrons. The van der Waals surface area contributed by atoms with Crippen LogP contribution in [0.5, 0.6) is 0 Å². The average molecular weight is 267 g/mol. The fourth-order valence-corrected chi connectivity index (χ4v) is 3.83. The van der Waals surface area contributed by atoms with Crippen molar-refractivity contribution in [1.82, 2.24) is 4.90 Å². The maximum Gasteiger partial charge on any atom is 0.309 e. The van der Waals surface area contributed by atoms with E-state index >= 15 is 0 Å². The van der Waals surface area contributed by atoms with Gasteiger partial charge in [0, 0.05) is 12.6 Å². The normalized spacial score (nSPS) is 33.8. The average Bonchev–Trinajstić information content (AvgIpc) is 2.38. The van der Waals surface area contributed by atoms with Crippen LogP contribution in [0.2, 0.25) is 0 Å². The molecule has 2 heterocycles. The van der Waals surface area contributed by atoms with Crippen LogP contribution in [-0.4, -0.2) is 47.3 Å². The molecule has 3 rings (SSSR count). The smallest absolute Gasteiger partial charge is 0.309 e. The molecule has 0 aromatic carbocycles. The molecule has 1 spiro atoms. The molecule has 3 aliphatic rings. The van der Waals surface area contributed by atoms with Crippen molar-refractivity contribution in [3.05, 3.63) is 0 Å². The van der Waals surface area contributed by atoms with Gasteiger partial charge >= 0.3 is 5.97 Å². The number of carboxylic acids is 1. The molecule has 1 atom stereocenters. The molecule has 1 N–H and O–H groups in total. The molecule has 0 bridgehead atoms. The highest BCUT2D eigenvalue weighted by Crippen LogP contribution is 2.44. The second-order valence-electron chi connectivity index (χ2n) is 6.93. The van der Waals surface area contributed by atoms with E-state index in [2.05, 4.69) is 4.90 Å². The predicted octanol–water partition coefficient (Wildman–Crippen LogP) is 2.27. The number of hydrogen-bond donors (Lipinski definition) is 1. The summed E-state index contributed by atoms with van der Waals surface area (Å²) in [5.41, 5.74) is -0.313. The first-order valence-corrected chi connectivity index (χ1v) is 7.65. The molecule has 0 aromatic rings. The van der Waals surface area contributed by atoms with Crippen molar-refractivity contribution in [2.75, 3.05) is 19.7 Å². The van der Waals surface area contributed by atoms with Gasteiger partial charge in [0.05, 0.1) is 11.0 Å². The van der Waals surface area contributed by atoms with Crippen LogP contribution in [0, 0.1) is 5.41 Å². The Balaban J connectivity index is 1.58. The van der Waals surface area contributed by atoms with Crippen LogP contribution >= 0.6 is 0 Å². The van der Waals surface area contributed by atoms with Gasteiger partial charge in [-0.15, -0.1) is 0 Å². The number of rotatable bonds is 2. The van der Waals surface area contributed by atoms with Crippen molar-refractivity contribution < 1.29 is 14.6 Å². The third-order valence-electron chi connectivity index (χ3n) is 5.67. The van der Waals surface area contributed by atoms with Crippen molar-refractivity contribution >= 4 is 5.97 Å². The zero-order valence-electron chi connectivity index (χ0n) is 11.9. The number of likely N-dealkylation sites (tertiary alicyclic amines) is 1. The maximum absolute atomic E-state index is 11.3. The Morgan fingerprint density at radius 1 is 1.26 bits per heavy atom. The van der Waals surface area contributed by atoms with E-state index in [4.69, 9.17) is 4.74 Å². The van der Waals surface area contributed by atoms with Crippen LogP contribution in [0.4, 0.5) is 0 Å². The second kappa shape index (κ2) is 4.74. The first-order chi connectivity index (χ1) is 9.03. The van der Waals surface area contributed by atoms with Crippen LogP contribution in [0.15, 0.2) is 0 Å². The minimum atomic E-state index is -0.630. The molecule has 19 heavy (non-hydrogen) atoms. The first-order valence-electron chi connectivity index (χ1n) is 7.65. The number of carbonyl (C=O) groups is 1. The summed E-state index contributed by atoms with van der Waals surface area (Å²) in [7, 11) is 0. The minimum Gasteiger partial charge on any atom is -0.481 e. The van der Waals surface area contributed by atoms with E-state index in [9.17, 15) is 9.90 Å². The number of nitrogens with zero attached hydrogens (tertiary/aromatic N) is 1. The minimum absolute atomic E-state index is 0.191. The molecule has 1 unspecified atom stereocenters. The third-order valence-corrected chi connectivity index (χ3v) is 5.67. The molecule has 2 aliphatic heterocycles. The van der Waals surface area contributed by atoms with Crippen LogP contribution in [0.25, 0.3) is 0 Å². The molecule has 3 fully saturated rings. The molecule has 108 valence electrons. The van der Waals surface area contributed by atoms with Gasteiger partial charge < -0.3 is 14.7 Å². The van der Waals surface area contributed by atoms with E-state index in [1.165, 1.54) is 19.3 Å². The highest BCUT2D eigenvalue weighted by Gasteiger charge is 2.45. The highest BCUT2D eigenvalue weighted by molar-refractivity contribution is 5.74. The van der Waals surface area contributed by atoms with Crippen LogP contribution < -0.4 is 0 Å². The molecule has 4 heteroatoms. The van der Waals surface area contributed by atoms with Gasteiger partial charge in [0.25, 0.3) is 0 Å². The molecular formula is C15H25NO3. The summed E-state index contributed by atoms with van der Waals surface area (Å²) in [5.74, 6) is -0.630. The van der Waals surface area contributed by atoms with E-state index in [1.54, 1.807) is 0 Å². The fraction of sp³-hybridized carbons (Fsp3) is 0.933. The summed E-state index contributed by atoms with van der Waals surface area (Å²) < 4.78 is 5.98. The van der Waals surface area contributed by atoms with E-state index in [-0.39, 0.29) is 5.60 Å². The molecule has 1 aliphatic carbocycles. The summed E-state index contributed by atoms with van der Waals surface area (Å²) >= 11 is 0. The summed E-state index contributed by atoms with van der Waals surface area (Å²) in [6.45, 7) is 4.65. The van der Waals surface area contributed by atoms with Crippen molar-refractivity contribution in [2.45, 2.75) is 63.5 Å². The van der Waals surface area contributed by atoms with Crippen molar-refractivity contribution in [3.63, 3.8) is 0 Å². The van der Waals surface area contributed by atoms with Gasteiger partial charge in [0.15, 0.2) is 0 Å². The van der Waals surface area contributed by atoms with Gasteiger partial charge in [-0.2, -0.15) is 0 Å². The SMILES string of the molecule is CC1(C(=O)O)CCN(C2CCOC3(CCC3)C2)CC1. The largest absolute Gasteiger partial charge is 0.481 e. The summed E-state index contributed by atoms with van der Waals surface area (Å²) in [4.78, 5) is 13.8. The zero-order chi connectivity index (χ0) is 13.5. The van der Waals surface area contributed by atoms with Crippen molar-refractivity contribution in [3.8, 4) is 0 Å². The predicted molar refractivity (Wildman–Crippen MR) is 72.1 cm³/mol. The van der Waals surface area contributed by atoms with Gasteiger partial charge in [-0.05, 0) is 65.0 Å². The Labute approximate surface area is 115 Å². The fourth-order valence-electron chi connectivity index (χ4n) is 3.83. The Morgan fingerprint density at radius 3 is 2.47 bits per heavy atom. The van der Waals surface area contributed by atoms with Crippen LogP contribution in [0.3, 0.4) is 0 Å². The van der Waals surface area contributed by atoms with Gasteiger partial charge in [-0.1, -0.05) is 0 Å². The van der Waals surface area contributed by atoms with E-state index in [0.717, 1.165) is 45.4 Å². The lowest BCUT2D eigenvalue weighted by molar-refractivity contribution is -0.159. The standard InChI is InChI=1S/C15H25NO3/c1-14(13(17)18)6-8-16(9-7-14)12-3-10-19-15(11-12)4-2-5-15/h12H,2-11H2,1H3,(H,17,18). The van der Waals surface area contributed by atoms with E-state index in [0.29, 0.717) is 6.04 Å².